The second kappa shape index (κ2) is 8.09. The zero-order valence-corrected chi connectivity index (χ0v) is 14.4. The van der Waals surface area contributed by atoms with E-state index >= 15 is 0 Å². The van der Waals surface area contributed by atoms with Crippen molar-refractivity contribution in [2.75, 3.05) is 17.7 Å². The van der Waals surface area contributed by atoms with Gasteiger partial charge in [0, 0.05) is 12.4 Å². The van der Waals surface area contributed by atoms with Gasteiger partial charge in [0.25, 0.3) is 11.8 Å². The Labute approximate surface area is 155 Å². The highest BCUT2D eigenvalue weighted by molar-refractivity contribution is 6.08. The fraction of sp³-hybridized carbons (Fsp3) is 0.0500. The van der Waals surface area contributed by atoms with Crippen LogP contribution in [0.3, 0.4) is 0 Å². The van der Waals surface area contributed by atoms with Gasteiger partial charge in [-0.05, 0) is 30.3 Å². The van der Waals surface area contributed by atoms with Crippen LogP contribution in [-0.4, -0.2) is 23.9 Å². The summed E-state index contributed by atoms with van der Waals surface area (Å²) < 4.78 is 18.9. The molecule has 0 saturated carbocycles. The molecule has 0 radical (unpaired) electrons. The van der Waals surface area contributed by atoms with E-state index in [1.165, 1.54) is 43.8 Å². The molecule has 6 nitrogen and oxygen atoms in total. The van der Waals surface area contributed by atoms with Gasteiger partial charge in [-0.3, -0.25) is 14.6 Å². The molecule has 0 aliphatic rings. The first-order chi connectivity index (χ1) is 13.1. The number of hydrogen-bond donors (Lipinski definition) is 2. The monoisotopic (exact) mass is 365 g/mol. The van der Waals surface area contributed by atoms with Gasteiger partial charge < -0.3 is 15.4 Å². The van der Waals surface area contributed by atoms with Crippen molar-refractivity contribution in [2.24, 2.45) is 0 Å². The summed E-state index contributed by atoms with van der Waals surface area (Å²) in [5.41, 5.74) is 0.852. The number of nitrogens with one attached hydrogen (secondary N) is 2. The van der Waals surface area contributed by atoms with Crippen molar-refractivity contribution in [3.63, 3.8) is 0 Å². The van der Waals surface area contributed by atoms with Crippen LogP contribution in [-0.2, 0) is 0 Å². The van der Waals surface area contributed by atoms with Crippen molar-refractivity contribution in [1.29, 1.82) is 0 Å². The molecule has 0 aliphatic carbocycles. The highest BCUT2D eigenvalue weighted by atomic mass is 19.1. The first-order valence-electron chi connectivity index (χ1n) is 8.04. The summed E-state index contributed by atoms with van der Waals surface area (Å²) in [6.45, 7) is 0. The highest BCUT2D eigenvalue weighted by Gasteiger charge is 2.14. The molecule has 7 heteroatoms. The van der Waals surface area contributed by atoms with Crippen LogP contribution >= 0.6 is 0 Å². The van der Waals surface area contributed by atoms with Crippen molar-refractivity contribution in [3.8, 4) is 5.75 Å². The van der Waals surface area contributed by atoms with Gasteiger partial charge in [-0.25, -0.2) is 4.39 Å². The van der Waals surface area contributed by atoms with E-state index < -0.39 is 17.6 Å². The van der Waals surface area contributed by atoms with Gasteiger partial charge in [-0.1, -0.05) is 24.3 Å². The summed E-state index contributed by atoms with van der Waals surface area (Å²) >= 11 is 0. The van der Waals surface area contributed by atoms with E-state index in [4.69, 9.17) is 4.74 Å². The van der Waals surface area contributed by atoms with Crippen LogP contribution in [0.15, 0.2) is 67.0 Å². The predicted molar refractivity (Wildman–Crippen MR) is 99.5 cm³/mol. The second-order valence-electron chi connectivity index (χ2n) is 5.55. The molecule has 0 saturated heterocycles. The minimum Gasteiger partial charge on any atom is -0.495 e. The SMILES string of the molecule is COc1ccccc1NC(=O)c1cncc(C(=O)Nc2ccccc2F)c1. The Morgan fingerprint density at radius 2 is 1.44 bits per heavy atom. The minimum atomic E-state index is -0.570. The van der Waals surface area contributed by atoms with E-state index in [-0.39, 0.29) is 16.8 Å². The van der Waals surface area contributed by atoms with Crippen LogP contribution in [0.5, 0.6) is 5.75 Å². The number of pyridine rings is 1. The molecule has 0 aliphatic heterocycles. The van der Waals surface area contributed by atoms with Crippen molar-refractivity contribution in [1.82, 2.24) is 4.98 Å². The molecular weight excluding hydrogens is 349 g/mol. The van der Waals surface area contributed by atoms with Crippen molar-refractivity contribution >= 4 is 23.2 Å². The molecule has 2 N–H and O–H groups in total. The smallest absolute Gasteiger partial charge is 0.257 e. The molecule has 0 fully saturated rings. The Balaban J connectivity index is 1.77. The van der Waals surface area contributed by atoms with Crippen LogP contribution in [0, 0.1) is 5.82 Å². The van der Waals surface area contributed by atoms with Gasteiger partial charge in [0.2, 0.25) is 0 Å². The molecule has 3 aromatic rings. The summed E-state index contributed by atoms with van der Waals surface area (Å²) in [6.07, 6.45) is 2.64. The van der Waals surface area contributed by atoms with E-state index in [0.29, 0.717) is 11.4 Å². The number of amides is 2. The summed E-state index contributed by atoms with van der Waals surface area (Å²) in [6, 6.07) is 14.1. The lowest BCUT2D eigenvalue weighted by molar-refractivity contribution is 0.102. The Morgan fingerprint density at radius 1 is 0.889 bits per heavy atom. The molecule has 2 amide bonds. The molecule has 0 atom stereocenters. The van der Waals surface area contributed by atoms with Crippen LogP contribution in [0.4, 0.5) is 15.8 Å². The normalized spacial score (nSPS) is 10.1. The minimum absolute atomic E-state index is 0.0476. The number of nitrogens with zero attached hydrogens (tertiary/aromatic N) is 1. The Bertz CT molecular complexity index is 991. The molecule has 0 unspecified atom stereocenters. The van der Waals surface area contributed by atoms with Crippen LogP contribution in [0.25, 0.3) is 0 Å². The van der Waals surface area contributed by atoms with E-state index in [2.05, 4.69) is 15.6 Å². The van der Waals surface area contributed by atoms with E-state index in [1.54, 1.807) is 30.3 Å². The predicted octanol–water partition coefficient (Wildman–Crippen LogP) is 3.73. The third-order valence-electron chi connectivity index (χ3n) is 3.74. The lowest BCUT2D eigenvalue weighted by atomic mass is 10.1. The van der Waals surface area contributed by atoms with Crippen molar-refractivity contribution in [3.05, 3.63) is 83.9 Å². The number of anilines is 2. The second-order valence-corrected chi connectivity index (χ2v) is 5.55. The number of hydrogen-bond acceptors (Lipinski definition) is 4. The van der Waals surface area contributed by atoms with Gasteiger partial charge in [-0.2, -0.15) is 0 Å². The van der Waals surface area contributed by atoms with E-state index in [1.807, 2.05) is 0 Å². The van der Waals surface area contributed by atoms with Crippen LogP contribution in [0.1, 0.15) is 20.7 Å². The Hall–Kier alpha value is -3.74. The van der Waals surface area contributed by atoms with Crippen molar-refractivity contribution < 1.29 is 18.7 Å². The maximum Gasteiger partial charge on any atom is 0.257 e. The van der Waals surface area contributed by atoms with Gasteiger partial charge in [0.1, 0.15) is 11.6 Å². The zero-order chi connectivity index (χ0) is 19.2. The molecule has 0 bridgehead atoms. The molecule has 27 heavy (non-hydrogen) atoms. The first kappa shape index (κ1) is 18.1. The molecule has 136 valence electrons. The fourth-order valence-corrected chi connectivity index (χ4v) is 2.39. The van der Waals surface area contributed by atoms with Gasteiger partial charge >= 0.3 is 0 Å². The van der Waals surface area contributed by atoms with Gasteiger partial charge in [0.05, 0.1) is 29.6 Å². The Kier molecular flexibility index (Phi) is 5.41. The number of aromatic nitrogens is 1. The summed E-state index contributed by atoms with van der Waals surface area (Å²) in [5.74, 6) is -1.07. The molecule has 1 heterocycles. The van der Waals surface area contributed by atoms with Crippen molar-refractivity contribution in [2.45, 2.75) is 0 Å². The largest absolute Gasteiger partial charge is 0.495 e. The Morgan fingerprint density at radius 3 is 2.07 bits per heavy atom. The summed E-state index contributed by atoms with van der Waals surface area (Å²) in [4.78, 5) is 28.7. The number of methoxy groups -OCH3 is 1. The van der Waals surface area contributed by atoms with Gasteiger partial charge in [-0.15, -0.1) is 0 Å². The lowest BCUT2D eigenvalue weighted by Gasteiger charge is -2.10. The van der Waals surface area contributed by atoms with Crippen LogP contribution in [0.2, 0.25) is 0 Å². The topological polar surface area (TPSA) is 80.3 Å². The maximum absolute atomic E-state index is 13.7. The number of benzene rings is 2. The molecule has 0 spiro atoms. The maximum atomic E-state index is 13.7. The molecular formula is C20H16FN3O3. The third kappa shape index (κ3) is 4.27. The molecule has 3 rings (SSSR count). The molecule has 2 aromatic carbocycles. The van der Waals surface area contributed by atoms with Gasteiger partial charge in [0.15, 0.2) is 0 Å². The zero-order valence-electron chi connectivity index (χ0n) is 14.4. The number of rotatable bonds is 5. The lowest BCUT2D eigenvalue weighted by Crippen LogP contribution is -2.17. The number of ether oxygens (including phenoxy) is 1. The average Bonchev–Trinajstić information content (AvgIpc) is 2.70. The number of carbonyl (C=O) groups is 2. The van der Waals surface area contributed by atoms with E-state index in [0.717, 1.165) is 0 Å². The summed E-state index contributed by atoms with van der Waals surface area (Å²) in [7, 11) is 1.50. The standard InChI is InChI=1S/C20H16FN3O3/c1-27-18-9-5-4-8-17(18)24-20(26)14-10-13(11-22-12-14)19(25)23-16-7-3-2-6-15(16)21/h2-12H,1H3,(H,23,25)(H,24,26). The third-order valence-corrected chi connectivity index (χ3v) is 3.74. The van der Waals surface area contributed by atoms with E-state index in [9.17, 15) is 14.0 Å². The highest BCUT2D eigenvalue weighted by Crippen LogP contribution is 2.23. The average molecular weight is 365 g/mol. The first-order valence-corrected chi connectivity index (χ1v) is 8.04. The fourth-order valence-electron chi connectivity index (χ4n) is 2.39. The number of para-hydroxylation sites is 3. The number of carbonyl (C=O) groups excluding carboxylic acids is 2. The summed E-state index contributed by atoms with van der Waals surface area (Å²) in [5, 5.41) is 5.16. The number of halogens is 1. The molecule has 1 aromatic heterocycles. The quantitative estimate of drug-likeness (QED) is 0.722. The van der Waals surface area contributed by atoms with Crippen LogP contribution < -0.4 is 15.4 Å².